The summed E-state index contributed by atoms with van der Waals surface area (Å²) in [6.07, 6.45) is 7.56. The van der Waals surface area contributed by atoms with Gasteiger partial charge in [-0.2, -0.15) is 0 Å². The molecular weight excluding hydrogens is 326 g/mol. The van der Waals surface area contributed by atoms with Crippen LogP contribution in [0.2, 0.25) is 0 Å². The van der Waals surface area contributed by atoms with Crippen molar-refractivity contribution in [3.63, 3.8) is 0 Å². The van der Waals surface area contributed by atoms with Crippen molar-refractivity contribution in [1.29, 1.82) is 0 Å². The first-order valence-corrected chi connectivity index (χ1v) is 8.79. The Labute approximate surface area is 151 Å². The lowest BCUT2D eigenvalue weighted by atomic mass is 10.0. The van der Waals surface area contributed by atoms with Crippen molar-refractivity contribution in [1.82, 2.24) is 19.1 Å². The van der Waals surface area contributed by atoms with E-state index >= 15 is 0 Å². The Hall–Kier alpha value is -3.02. The maximum Gasteiger partial charge on any atom is 0.260 e. The number of imidazole rings is 1. The molecule has 3 aromatic rings. The number of aromatic nitrogens is 4. The summed E-state index contributed by atoms with van der Waals surface area (Å²) in [4.78, 5) is 26.1. The van der Waals surface area contributed by atoms with Crippen LogP contribution < -0.4 is 5.56 Å². The molecule has 0 radical (unpaired) electrons. The van der Waals surface area contributed by atoms with Crippen molar-refractivity contribution in [2.24, 2.45) is 12.0 Å². The van der Waals surface area contributed by atoms with Crippen molar-refractivity contribution in [3.8, 4) is 11.3 Å². The van der Waals surface area contributed by atoms with Crippen LogP contribution >= 0.6 is 0 Å². The highest BCUT2D eigenvalue weighted by atomic mass is 16.1. The fourth-order valence-electron chi connectivity index (χ4n) is 3.57. The molecule has 1 aliphatic heterocycles. The van der Waals surface area contributed by atoms with E-state index in [1.165, 1.54) is 4.57 Å². The maximum atomic E-state index is 12.5. The third-order valence-electron chi connectivity index (χ3n) is 4.83. The summed E-state index contributed by atoms with van der Waals surface area (Å²) in [6.45, 7) is 2.91. The maximum absolute atomic E-state index is 12.5. The molecule has 0 atom stereocenters. The number of fused-ring (bicyclic) bond motifs is 2. The Balaban J connectivity index is 2.00. The zero-order chi connectivity index (χ0) is 18.3. The second-order valence-corrected chi connectivity index (χ2v) is 6.48. The molecule has 132 valence electrons. The van der Waals surface area contributed by atoms with E-state index in [9.17, 15) is 4.79 Å². The minimum Gasteiger partial charge on any atom is -0.327 e. The van der Waals surface area contributed by atoms with Gasteiger partial charge < -0.3 is 9.13 Å². The number of allylic oxidation sites excluding steroid dienone is 2. The van der Waals surface area contributed by atoms with E-state index in [0.717, 1.165) is 47.9 Å². The second-order valence-electron chi connectivity index (χ2n) is 6.48. The molecular formula is C20H21N5O. The highest BCUT2D eigenvalue weighted by Crippen LogP contribution is 2.31. The molecule has 4 rings (SSSR count). The quantitative estimate of drug-likeness (QED) is 0.684. The minimum absolute atomic E-state index is 0.0441. The number of aliphatic imine (C=N–C) groups is 1. The van der Waals surface area contributed by atoms with Crippen LogP contribution in [0.3, 0.4) is 0 Å². The lowest BCUT2D eigenvalue weighted by Gasteiger charge is -2.10. The molecule has 1 aliphatic rings. The van der Waals surface area contributed by atoms with Gasteiger partial charge in [0.15, 0.2) is 0 Å². The number of hydrogen-bond acceptors (Lipinski definition) is 4. The largest absolute Gasteiger partial charge is 0.327 e. The Kier molecular flexibility index (Phi) is 4.03. The van der Waals surface area contributed by atoms with Gasteiger partial charge in [-0.15, -0.1) is 0 Å². The third kappa shape index (κ3) is 2.49. The summed E-state index contributed by atoms with van der Waals surface area (Å²) in [5, 5.41) is 0.619. The van der Waals surface area contributed by atoms with E-state index in [4.69, 9.17) is 4.98 Å². The van der Waals surface area contributed by atoms with Gasteiger partial charge in [-0.25, -0.2) is 9.97 Å². The van der Waals surface area contributed by atoms with Gasteiger partial charge in [-0.05, 0) is 31.6 Å². The van der Waals surface area contributed by atoms with Gasteiger partial charge in [0, 0.05) is 32.6 Å². The Morgan fingerprint density at radius 1 is 1.35 bits per heavy atom. The predicted molar refractivity (Wildman–Crippen MR) is 104 cm³/mol. The van der Waals surface area contributed by atoms with Gasteiger partial charge in [0.25, 0.3) is 5.56 Å². The standard InChI is InChI=1S/C20H21N5O/c1-4-6-16(21-2)18-19(25-10-5-7-17(25)23-18)13-8-9-15-14(11-13)20(26)24(3)12-22-15/h4,6,8-9,11-12H,5,7,10H2,1-3H3/b6-4-,21-16?. The van der Waals surface area contributed by atoms with Crippen LogP contribution in [0.4, 0.5) is 0 Å². The molecule has 0 unspecified atom stereocenters. The zero-order valence-corrected chi connectivity index (χ0v) is 15.2. The first-order valence-electron chi connectivity index (χ1n) is 8.79. The molecule has 0 fully saturated rings. The Morgan fingerprint density at radius 3 is 2.96 bits per heavy atom. The topological polar surface area (TPSA) is 65.1 Å². The van der Waals surface area contributed by atoms with E-state index in [0.29, 0.717) is 10.9 Å². The molecule has 0 bridgehead atoms. The fourth-order valence-corrected chi connectivity index (χ4v) is 3.57. The fraction of sp³-hybridized carbons (Fsp3) is 0.300. The van der Waals surface area contributed by atoms with Crippen LogP contribution in [-0.4, -0.2) is 31.9 Å². The molecule has 0 aliphatic carbocycles. The van der Waals surface area contributed by atoms with Gasteiger partial charge >= 0.3 is 0 Å². The van der Waals surface area contributed by atoms with Crippen LogP contribution in [0.1, 0.15) is 24.9 Å². The van der Waals surface area contributed by atoms with E-state index in [-0.39, 0.29) is 5.56 Å². The molecule has 6 heteroatoms. The molecule has 0 amide bonds. The monoisotopic (exact) mass is 347 g/mol. The number of benzene rings is 1. The molecule has 2 aromatic heterocycles. The minimum atomic E-state index is -0.0441. The highest BCUT2D eigenvalue weighted by molar-refractivity contribution is 6.11. The highest BCUT2D eigenvalue weighted by Gasteiger charge is 2.24. The average molecular weight is 347 g/mol. The van der Waals surface area contributed by atoms with Crippen molar-refractivity contribution < 1.29 is 0 Å². The van der Waals surface area contributed by atoms with Gasteiger partial charge in [0.2, 0.25) is 0 Å². The third-order valence-corrected chi connectivity index (χ3v) is 4.83. The molecule has 0 saturated carbocycles. The van der Waals surface area contributed by atoms with Crippen molar-refractivity contribution in [2.75, 3.05) is 7.05 Å². The van der Waals surface area contributed by atoms with Crippen molar-refractivity contribution >= 4 is 16.6 Å². The van der Waals surface area contributed by atoms with Gasteiger partial charge in [-0.1, -0.05) is 12.1 Å². The summed E-state index contributed by atoms with van der Waals surface area (Å²) in [5.41, 5.74) is 4.40. The summed E-state index contributed by atoms with van der Waals surface area (Å²) in [7, 11) is 3.50. The zero-order valence-electron chi connectivity index (χ0n) is 15.2. The number of rotatable bonds is 3. The van der Waals surface area contributed by atoms with Gasteiger partial charge in [0.1, 0.15) is 11.5 Å². The van der Waals surface area contributed by atoms with Crippen molar-refractivity contribution in [2.45, 2.75) is 26.3 Å². The summed E-state index contributed by atoms with van der Waals surface area (Å²) < 4.78 is 3.76. The summed E-state index contributed by atoms with van der Waals surface area (Å²) in [5.74, 6) is 1.08. The summed E-state index contributed by atoms with van der Waals surface area (Å²) >= 11 is 0. The number of aryl methyl sites for hydroxylation is 2. The molecule has 26 heavy (non-hydrogen) atoms. The number of hydrogen-bond donors (Lipinski definition) is 0. The molecule has 6 nitrogen and oxygen atoms in total. The van der Waals surface area contributed by atoms with E-state index < -0.39 is 0 Å². The summed E-state index contributed by atoms with van der Waals surface area (Å²) in [6, 6.07) is 5.85. The first kappa shape index (κ1) is 16.4. The predicted octanol–water partition coefficient (Wildman–Crippen LogP) is 2.74. The lowest BCUT2D eigenvalue weighted by molar-refractivity contribution is 0.755. The smallest absolute Gasteiger partial charge is 0.260 e. The first-order chi connectivity index (χ1) is 12.6. The van der Waals surface area contributed by atoms with Crippen LogP contribution in [-0.2, 0) is 20.0 Å². The normalized spacial score (nSPS) is 14.5. The number of nitrogens with zero attached hydrogens (tertiary/aromatic N) is 5. The Bertz CT molecular complexity index is 1120. The van der Waals surface area contributed by atoms with E-state index in [1.54, 1.807) is 20.4 Å². The second kappa shape index (κ2) is 6.37. The van der Waals surface area contributed by atoms with E-state index in [2.05, 4.69) is 14.5 Å². The SMILES string of the molecule is C/C=C\C(=NC)c1nc2n(c1-c1ccc3ncn(C)c(=O)c3c1)CCC2. The van der Waals surface area contributed by atoms with Crippen molar-refractivity contribution in [3.05, 3.63) is 58.6 Å². The van der Waals surface area contributed by atoms with E-state index in [1.807, 2.05) is 37.3 Å². The van der Waals surface area contributed by atoms with Gasteiger partial charge in [-0.3, -0.25) is 9.79 Å². The van der Waals surface area contributed by atoms with Crippen LogP contribution in [0.15, 0.2) is 46.5 Å². The van der Waals surface area contributed by atoms with Gasteiger partial charge in [0.05, 0.1) is 28.6 Å². The van der Waals surface area contributed by atoms with Crippen LogP contribution in [0.5, 0.6) is 0 Å². The average Bonchev–Trinajstić information content (AvgIpc) is 3.23. The molecule has 3 heterocycles. The Morgan fingerprint density at radius 2 is 2.19 bits per heavy atom. The van der Waals surface area contributed by atoms with Crippen LogP contribution in [0.25, 0.3) is 22.2 Å². The molecule has 0 spiro atoms. The van der Waals surface area contributed by atoms with Crippen LogP contribution in [0, 0.1) is 0 Å². The lowest BCUT2D eigenvalue weighted by Crippen LogP contribution is -2.17. The molecule has 0 N–H and O–H groups in total. The molecule has 0 saturated heterocycles. The molecule has 1 aromatic carbocycles.